The Morgan fingerprint density at radius 3 is 3.00 bits per heavy atom. The van der Waals surface area contributed by atoms with Crippen molar-refractivity contribution in [3.8, 4) is 6.07 Å². The Labute approximate surface area is 135 Å². The minimum atomic E-state index is -0.706. The molecule has 3 rings (SSSR count). The summed E-state index contributed by atoms with van der Waals surface area (Å²) in [5, 5.41) is 23.1. The normalized spacial score (nSPS) is 16.4. The maximum Gasteiger partial charge on any atom is 0.433 e. The number of carbonyl (C=O) groups excluding carboxylic acids is 1. The molecule has 8 heteroatoms. The van der Waals surface area contributed by atoms with Gasteiger partial charge in [-0.25, -0.2) is 0 Å². The second kappa shape index (κ2) is 5.85. The highest BCUT2D eigenvalue weighted by Gasteiger charge is 2.26. The fraction of sp³-hybridized carbons (Fsp3) is 0.333. The Kier molecular flexibility index (Phi) is 3.88. The Morgan fingerprint density at radius 1 is 1.57 bits per heavy atom. The molecule has 0 fully saturated rings. The van der Waals surface area contributed by atoms with E-state index >= 15 is 0 Å². The highest BCUT2D eigenvalue weighted by molar-refractivity contribution is 7.16. The van der Waals surface area contributed by atoms with E-state index in [1.807, 2.05) is 0 Å². The highest BCUT2D eigenvalue weighted by Crippen LogP contribution is 2.39. The molecule has 7 nitrogen and oxygen atoms in total. The van der Waals surface area contributed by atoms with Gasteiger partial charge >= 0.3 is 5.88 Å². The third-order valence-corrected chi connectivity index (χ3v) is 5.02. The largest absolute Gasteiger partial charge is 0.433 e. The average Bonchev–Trinajstić information content (AvgIpc) is 3.10. The second-order valence-corrected chi connectivity index (χ2v) is 6.62. The Morgan fingerprint density at radius 2 is 2.35 bits per heavy atom. The molecule has 0 bridgehead atoms. The Balaban J connectivity index is 1.86. The molecular formula is C15H13N3O4S. The van der Waals surface area contributed by atoms with Crippen LogP contribution in [0.25, 0.3) is 0 Å². The summed E-state index contributed by atoms with van der Waals surface area (Å²) in [4.78, 5) is 23.2. The van der Waals surface area contributed by atoms with Crippen molar-refractivity contribution in [1.29, 1.82) is 5.26 Å². The SMILES string of the molecule is C[C@@H]1CCc2c(sc(NC(=O)c3ccc([N+](=O)[O-])o3)c2C#N)C1. The van der Waals surface area contributed by atoms with Crippen molar-refractivity contribution in [3.63, 3.8) is 0 Å². The van der Waals surface area contributed by atoms with Crippen LogP contribution in [-0.4, -0.2) is 10.8 Å². The first kappa shape index (κ1) is 15.2. The summed E-state index contributed by atoms with van der Waals surface area (Å²) < 4.78 is 4.88. The predicted molar refractivity (Wildman–Crippen MR) is 83.5 cm³/mol. The number of amides is 1. The van der Waals surface area contributed by atoms with Gasteiger partial charge in [-0.3, -0.25) is 14.9 Å². The summed E-state index contributed by atoms with van der Waals surface area (Å²) in [7, 11) is 0. The lowest BCUT2D eigenvalue weighted by Crippen LogP contribution is -2.11. The van der Waals surface area contributed by atoms with Gasteiger partial charge in [0.05, 0.1) is 11.6 Å². The lowest BCUT2D eigenvalue weighted by atomic mass is 9.89. The van der Waals surface area contributed by atoms with Crippen LogP contribution in [0.5, 0.6) is 0 Å². The molecule has 1 atom stereocenters. The van der Waals surface area contributed by atoms with Gasteiger partial charge in [0, 0.05) is 4.88 Å². The molecule has 2 heterocycles. The van der Waals surface area contributed by atoms with Gasteiger partial charge in [0.1, 0.15) is 16.0 Å². The number of rotatable bonds is 3. The average molecular weight is 331 g/mol. The number of fused-ring (bicyclic) bond motifs is 1. The zero-order valence-electron chi connectivity index (χ0n) is 12.3. The van der Waals surface area contributed by atoms with Crippen LogP contribution in [0, 0.1) is 27.4 Å². The number of thiophene rings is 1. The van der Waals surface area contributed by atoms with Gasteiger partial charge in [-0.2, -0.15) is 5.26 Å². The van der Waals surface area contributed by atoms with Crippen molar-refractivity contribution >= 4 is 28.1 Å². The fourth-order valence-electron chi connectivity index (χ4n) is 2.67. The van der Waals surface area contributed by atoms with Gasteiger partial charge in [-0.1, -0.05) is 6.92 Å². The van der Waals surface area contributed by atoms with E-state index in [9.17, 15) is 20.2 Å². The van der Waals surface area contributed by atoms with Crippen LogP contribution in [0.2, 0.25) is 0 Å². The molecule has 1 aliphatic carbocycles. The molecule has 23 heavy (non-hydrogen) atoms. The summed E-state index contributed by atoms with van der Waals surface area (Å²) in [6.45, 7) is 2.16. The highest BCUT2D eigenvalue weighted by atomic mass is 32.1. The van der Waals surface area contributed by atoms with Gasteiger partial charge in [0.15, 0.2) is 5.76 Å². The number of nitrogens with one attached hydrogen (secondary N) is 1. The van der Waals surface area contributed by atoms with Crippen molar-refractivity contribution in [2.75, 3.05) is 5.32 Å². The van der Waals surface area contributed by atoms with E-state index in [4.69, 9.17) is 4.42 Å². The molecule has 118 valence electrons. The van der Waals surface area contributed by atoms with Crippen molar-refractivity contribution < 1.29 is 14.1 Å². The first-order valence-electron chi connectivity index (χ1n) is 7.09. The first-order chi connectivity index (χ1) is 11.0. The van der Waals surface area contributed by atoms with Crippen LogP contribution in [-0.2, 0) is 12.8 Å². The number of furan rings is 1. The number of carbonyl (C=O) groups is 1. The zero-order valence-corrected chi connectivity index (χ0v) is 13.1. The van der Waals surface area contributed by atoms with E-state index in [-0.39, 0.29) is 5.76 Å². The van der Waals surface area contributed by atoms with E-state index in [1.165, 1.54) is 17.4 Å². The standard InChI is InChI=1S/C15H13N3O4S/c1-8-2-3-9-10(7-16)15(23-12(9)6-8)17-14(19)11-4-5-13(22-11)18(20)21/h4-5,8H,2-3,6H2,1H3,(H,17,19)/t8-/m1/s1. The molecule has 0 saturated heterocycles. The van der Waals surface area contributed by atoms with Gasteiger partial charge in [-0.05, 0) is 36.8 Å². The maximum atomic E-state index is 12.2. The summed E-state index contributed by atoms with van der Waals surface area (Å²) in [6.07, 6.45) is 2.75. The molecule has 1 aliphatic rings. The minimum Gasteiger partial charge on any atom is -0.395 e. The van der Waals surface area contributed by atoms with Crippen LogP contribution in [0.15, 0.2) is 16.5 Å². The molecule has 0 spiro atoms. The lowest BCUT2D eigenvalue weighted by Gasteiger charge is -2.17. The summed E-state index contributed by atoms with van der Waals surface area (Å²) in [5.41, 5.74) is 1.50. The molecule has 1 amide bonds. The number of anilines is 1. The molecule has 0 radical (unpaired) electrons. The van der Waals surface area contributed by atoms with Crippen molar-refractivity contribution in [3.05, 3.63) is 44.0 Å². The Hall–Kier alpha value is -2.66. The number of nitro groups is 1. The third kappa shape index (κ3) is 2.83. The number of nitriles is 1. The number of hydrogen-bond acceptors (Lipinski definition) is 6. The maximum absolute atomic E-state index is 12.2. The molecule has 0 aromatic carbocycles. The number of nitrogens with zero attached hydrogens (tertiary/aromatic N) is 2. The van der Waals surface area contributed by atoms with Gasteiger partial charge in [-0.15, -0.1) is 11.3 Å². The summed E-state index contributed by atoms with van der Waals surface area (Å²) in [5.74, 6) is -0.680. The van der Waals surface area contributed by atoms with E-state index in [2.05, 4.69) is 18.3 Å². The van der Waals surface area contributed by atoms with Crippen molar-refractivity contribution in [2.45, 2.75) is 26.2 Å². The van der Waals surface area contributed by atoms with Crippen LogP contribution in [0.1, 0.15) is 39.9 Å². The van der Waals surface area contributed by atoms with Gasteiger partial charge in [0.25, 0.3) is 5.91 Å². The topological polar surface area (TPSA) is 109 Å². The predicted octanol–water partition coefficient (Wildman–Crippen LogP) is 3.50. The van der Waals surface area contributed by atoms with E-state index < -0.39 is 16.7 Å². The van der Waals surface area contributed by atoms with Crippen molar-refractivity contribution in [1.82, 2.24) is 0 Å². The first-order valence-corrected chi connectivity index (χ1v) is 7.91. The van der Waals surface area contributed by atoms with E-state index in [1.54, 1.807) is 0 Å². The lowest BCUT2D eigenvalue weighted by molar-refractivity contribution is -0.402. The molecule has 0 saturated carbocycles. The van der Waals surface area contributed by atoms with E-state index in [0.29, 0.717) is 16.5 Å². The fourth-order valence-corrected chi connectivity index (χ4v) is 4.03. The van der Waals surface area contributed by atoms with Gasteiger partial charge < -0.3 is 9.73 Å². The zero-order chi connectivity index (χ0) is 16.6. The second-order valence-electron chi connectivity index (χ2n) is 5.52. The van der Waals surface area contributed by atoms with Crippen LogP contribution in [0.3, 0.4) is 0 Å². The number of hydrogen-bond donors (Lipinski definition) is 1. The smallest absolute Gasteiger partial charge is 0.395 e. The molecule has 2 aromatic rings. The van der Waals surface area contributed by atoms with Crippen LogP contribution in [0.4, 0.5) is 10.9 Å². The van der Waals surface area contributed by atoms with E-state index in [0.717, 1.165) is 35.8 Å². The quantitative estimate of drug-likeness (QED) is 0.684. The van der Waals surface area contributed by atoms with Crippen LogP contribution >= 0.6 is 11.3 Å². The van der Waals surface area contributed by atoms with Gasteiger partial charge in [0.2, 0.25) is 0 Å². The molecule has 1 N–H and O–H groups in total. The van der Waals surface area contributed by atoms with Crippen molar-refractivity contribution in [2.24, 2.45) is 5.92 Å². The summed E-state index contributed by atoms with van der Waals surface area (Å²) in [6, 6.07) is 4.53. The molecular weight excluding hydrogens is 318 g/mol. The summed E-state index contributed by atoms with van der Waals surface area (Å²) >= 11 is 1.40. The Bertz CT molecular complexity index is 830. The van der Waals surface area contributed by atoms with Crippen LogP contribution < -0.4 is 5.32 Å². The molecule has 0 unspecified atom stereocenters. The molecule has 0 aliphatic heterocycles. The molecule has 2 aromatic heterocycles. The third-order valence-electron chi connectivity index (χ3n) is 3.85. The minimum absolute atomic E-state index is 0.152. The monoisotopic (exact) mass is 331 g/mol.